The molecule has 4 nitrogen and oxygen atoms in total. The summed E-state index contributed by atoms with van der Waals surface area (Å²) in [6.45, 7) is 3.57. The lowest BCUT2D eigenvalue weighted by molar-refractivity contribution is -0.148. The highest BCUT2D eigenvalue weighted by molar-refractivity contribution is 5.73. The molecule has 0 saturated heterocycles. The van der Waals surface area contributed by atoms with E-state index in [1.54, 1.807) is 26.0 Å². The Bertz CT molecular complexity index is 498. The number of benzene rings is 1. The average molecular weight is 281 g/mol. The van der Waals surface area contributed by atoms with Gasteiger partial charge in [0.15, 0.2) is 11.6 Å². The smallest absolute Gasteiger partial charge is 0.312 e. The molecule has 1 aliphatic carbocycles. The van der Waals surface area contributed by atoms with Gasteiger partial charge >= 0.3 is 5.97 Å². The highest BCUT2D eigenvalue weighted by atomic mass is 19.1. The zero-order chi connectivity index (χ0) is 14.8. The van der Waals surface area contributed by atoms with Crippen LogP contribution in [0.5, 0.6) is 5.75 Å². The van der Waals surface area contributed by atoms with E-state index in [-0.39, 0.29) is 12.4 Å². The van der Waals surface area contributed by atoms with Crippen LogP contribution in [-0.4, -0.2) is 23.7 Å². The molecule has 1 aromatic carbocycles. The van der Waals surface area contributed by atoms with Crippen molar-refractivity contribution in [3.8, 4) is 5.75 Å². The summed E-state index contributed by atoms with van der Waals surface area (Å²) in [5.74, 6) is -1.28. The van der Waals surface area contributed by atoms with Gasteiger partial charge in [0.05, 0.1) is 5.41 Å². The molecule has 5 heteroatoms. The van der Waals surface area contributed by atoms with Crippen molar-refractivity contribution in [2.45, 2.75) is 39.3 Å². The van der Waals surface area contributed by atoms with Crippen molar-refractivity contribution in [2.24, 2.45) is 5.41 Å². The van der Waals surface area contributed by atoms with Crippen LogP contribution in [0.3, 0.4) is 0 Å². The van der Waals surface area contributed by atoms with Crippen molar-refractivity contribution >= 4 is 5.97 Å². The predicted molar refractivity (Wildman–Crippen MR) is 73.2 cm³/mol. The summed E-state index contributed by atoms with van der Waals surface area (Å²) in [6.07, 6.45) is 2.30. The average Bonchev–Trinajstić information content (AvgIpc) is 3.19. The molecular formula is C15H20FNO3. The number of carboxylic acids is 1. The second kappa shape index (κ2) is 5.79. The molecular weight excluding hydrogens is 261 g/mol. The van der Waals surface area contributed by atoms with Crippen molar-refractivity contribution in [3.05, 3.63) is 29.6 Å². The van der Waals surface area contributed by atoms with E-state index in [2.05, 4.69) is 5.32 Å². The number of aliphatic carboxylic acids is 1. The Morgan fingerprint density at radius 2 is 2.20 bits per heavy atom. The fourth-order valence-corrected chi connectivity index (χ4v) is 1.71. The second-order valence-corrected chi connectivity index (χ2v) is 5.86. The molecule has 2 N–H and O–H groups in total. The lowest BCUT2D eigenvalue weighted by Crippen LogP contribution is -2.31. The van der Waals surface area contributed by atoms with Gasteiger partial charge in [-0.2, -0.15) is 0 Å². The maximum atomic E-state index is 13.9. The molecule has 2 rings (SSSR count). The standard InChI is InChI=1S/C15H20FNO3/c1-15(2,14(18)19)9-20-13-10(4-3-5-12(13)16)8-17-11-6-7-11/h3-5,11,17H,6-9H2,1-2H3,(H,18,19). The number of rotatable bonds is 7. The molecule has 1 saturated carbocycles. The summed E-state index contributed by atoms with van der Waals surface area (Å²) >= 11 is 0. The molecule has 1 aliphatic rings. The zero-order valence-corrected chi connectivity index (χ0v) is 11.8. The number of ether oxygens (including phenoxy) is 1. The number of carbonyl (C=O) groups is 1. The van der Waals surface area contributed by atoms with Gasteiger partial charge in [0, 0.05) is 18.2 Å². The van der Waals surface area contributed by atoms with Gasteiger partial charge in [0.25, 0.3) is 0 Å². The molecule has 0 atom stereocenters. The normalized spacial score (nSPS) is 15.2. The second-order valence-electron chi connectivity index (χ2n) is 5.86. The number of hydrogen-bond acceptors (Lipinski definition) is 3. The fraction of sp³-hybridized carbons (Fsp3) is 0.533. The maximum absolute atomic E-state index is 13.9. The monoisotopic (exact) mass is 281 g/mol. The van der Waals surface area contributed by atoms with Crippen LogP contribution >= 0.6 is 0 Å². The summed E-state index contributed by atoms with van der Waals surface area (Å²) in [5.41, 5.74) is -0.332. The third-order valence-corrected chi connectivity index (χ3v) is 3.36. The van der Waals surface area contributed by atoms with Gasteiger partial charge in [-0.05, 0) is 32.8 Å². The third kappa shape index (κ3) is 3.70. The molecule has 20 heavy (non-hydrogen) atoms. The van der Waals surface area contributed by atoms with Crippen LogP contribution in [0, 0.1) is 11.2 Å². The molecule has 0 amide bonds. The highest BCUT2D eigenvalue weighted by Crippen LogP contribution is 2.27. The largest absolute Gasteiger partial charge is 0.489 e. The first-order valence-corrected chi connectivity index (χ1v) is 6.77. The molecule has 0 heterocycles. The van der Waals surface area contributed by atoms with Gasteiger partial charge in [0.2, 0.25) is 0 Å². The minimum absolute atomic E-state index is 0.0697. The van der Waals surface area contributed by atoms with E-state index in [0.717, 1.165) is 18.4 Å². The van der Waals surface area contributed by atoms with Gasteiger partial charge in [-0.15, -0.1) is 0 Å². The van der Waals surface area contributed by atoms with Crippen LogP contribution in [-0.2, 0) is 11.3 Å². The topological polar surface area (TPSA) is 58.6 Å². The van der Waals surface area contributed by atoms with Gasteiger partial charge in [-0.1, -0.05) is 12.1 Å². The van der Waals surface area contributed by atoms with Gasteiger partial charge < -0.3 is 15.2 Å². The van der Waals surface area contributed by atoms with E-state index in [0.29, 0.717) is 12.6 Å². The van der Waals surface area contributed by atoms with Gasteiger partial charge in [-0.3, -0.25) is 4.79 Å². The maximum Gasteiger partial charge on any atom is 0.312 e. The number of nitrogens with one attached hydrogen (secondary N) is 1. The minimum atomic E-state index is -1.05. The van der Waals surface area contributed by atoms with Gasteiger partial charge in [-0.25, -0.2) is 4.39 Å². The van der Waals surface area contributed by atoms with Crippen LogP contribution < -0.4 is 10.1 Å². The van der Waals surface area contributed by atoms with E-state index in [1.165, 1.54) is 6.07 Å². The molecule has 0 unspecified atom stereocenters. The van der Waals surface area contributed by atoms with Crippen LogP contribution in [0.4, 0.5) is 4.39 Å². The molecule has 0 aromatic heterocycles. The Hall–Kier alpha value is -1.62. The zero-order valence-electron chi connectivity index (χ0n) is 11.8. The van der Waals surface area contributed by atoms with Crippen molar-refractivity contribution in [1.29, 1.82) is 0 Å². The number of hydrogen-bond donors (Lipinski definition) is 2. The Balaban J connectivity index is 2.06. The molecule has 0 bridgehead atoms. The number of halogens is 1. The summed E-state index contributed by atoms with van der Waals surface area (Å²) in [4.78, 5) is 11.0. The first kappa shape index (κ1) is 14.8. The quantitative estimate of drug-likeness (QED) is 0.806. The van der Waals surface area contributed by atoms with Crippen molar-refractivity contribution in [2.75, 3.05) is 6.61 Å². The van der Waals surface area contributed by atoms with Crippen LogP contribution in [0.1, 0.15) is 32.3 Å². The summed E-state index contributed by atoms with van der Waals surface area (Å²) in [6, 6.07) is 5.27. The Morgan fingerprint density at radius 3 is 2.80 bits per heavy atom. The summed E-state index contributed by atoms with van der Waals surface area (Å²) < 4.78 is 19.3. The Morgan fingerprint density at radius 1 is 1.50 bits per heavy atom. The fourth-order valence-electron chi connectivity index (χ4n) is 1.71. The van der Waals surface area contributed by atoms with Gasteiger partial charge in [0.1, 0.15) is 6.61 Å². The molecule has 1 aromatic rings. The molecule has 1 fully saturated rings. The third-order valence-electron chi connectivity index (χ3n) is 3.36. The summed E-state index contributed by atoms with van der Waals surface area (Å²) in [7, 11) is 0. The van der Waals surface area contributed by atoms with E-state index in [4.69, 9.17) is 9.84 Å². The lowest BCUT2D eigenvalue weighted by atomic mass is 9.95. The molecule has 0 radical (unpaired) electrons. The van der Waals surface area contributed by atoms with E-state index < -0.39 is 17.2 Å². The van der Waals surface area contributed by atoms with Crippen LogP contribution in [0.2, 0.25) is 0 Å². The molecule has 110 valence electrons. The van der Waals surface area contributed by atoms with E-state index in [9.17, 15) is 9.18 Å². The highest BCUT2D eigenvalue weighted by Gasteiger charge is 2.29. The van der Waals surface area contributed by atoms with E-state index >= 15 is 0 Å². The van der Waals surface area contributed by atoms with Crippen molar-refractivity contribution < 1.29 is 19.0 Å². The predicted octanol–water partition coefficient (Wildman–Crippen LogP) is 2.57. The SMILES string of the molecule is CC(C)(COc1c(F)cccc1CNC1CC1)C(=O)O. The molecule has 0 aliphatic heterocycles. The number of para-hydroxylation sites is 1. The van der Waals surface area contributed by atoms with Crippen LogP contribution in [0.15, 0.2) is 18.2 Å². The first-order chi connectivity index (χ1) is 9.40. The van der Waals surface area contributed by atoms with Crippen molar-refractivity contribution in [1.82, 2.24) is 5.32 Å². The van der Waals surface area contributed by atoms with Crippen molar-refractivity contribution in [3.63, 3.8) is 0 Å². The lowest BCUT2D eigenvalue weighted by Gasteiger charge is -2.21. The Labute approximate surface area is 117 Å². The molecule has 0 spiro atoms. The number of carboxylic acid groups (broad SMARTS) is 1. The first-order valence-electron chi connectivity index (χ1n) is 6.77. The van der Waals surface area contributed by atoms with E-state index in [1.807, 2.05) is 0 Å². The van der Waals surface area contributed by atoms with Crippen LogP contribution in [0.25, 0.3) is 0 Å². The Kier molecular flexibility index (Phi) is 4.28. The summed E-state index contributed by atoms with van der Waals surface area (Å²) in [5, 5.41) is 12.4. The minimum Gasteiger partial charge on any atom is -0.489 e.